The van der Waals surface area contributed by atoms with Gasteiger partial charge in [0.2, 0.25) is 22.9 Å². The normalized spacial score (nSPS) is 40.5. The van der Waals surface area contributed by atoms with E-state index in [0.717, 1.165) is 25.7 Å². The van der Waals surface area contributed by atoms with E-state index < -0.39 is 84.8 Å². The summed E-state index contributed by atoms with van der Waals surface area (Å²) < 4.78 is 11.7. The molecule has 0 aromatic rings. The largest absolute Gasteiger partial charge is 0.373 e. The maximum absolute atomic E-state index is 12.8. The highest BCUT2D eigenvalue weighted by Gasteiger charge is 2.81. The Morgan fingerprint density at radius 1 is 0.667 bits per heavy atom. The molecule has 4 heterocycles. The predicted molar refractivity (Wildman–Crippen MR) is 157 cm³/mol. The lowest BCUT2D eigenvalue weighted by molar-refractivity contribution is -0.157. The molecule has 4 saturated heterocycles. The average Bonchev–Trinajstić information content (AvgIpc) is 3.89. The summed E-state index contributed by atoms with van der Waals surface area (Å²) in [7, 11) is 7.18. The van der Waals surface area contributed by atoms with E-state index in [9.17, 15) is 19.2 Å². The fourth-order valence-electron chi connectivity index (χ4n) is 6.62. The van der Waals surface area contributed by atoms with Gasteiger partial charge in [-0.2, -0.15) is 23.6 Å². The van der Waals surface area contributed by atoms with E-state index in [2.05, 4.69) is 61.9 Å². The van der Waals surface area contributed by atoms with Gasteiger partial charge in [0.15, 0.2) is 0 Å². The lowest BCUT2D eigenvalue weighted by Crippen LogP contribution is -2.80. The fraction of sp³-hybridized carbons (Fsp3) is 0.833. The molecule has 272 valence electrons. The molecule has 0 bridgehead atoms. The van der Waals surface area contributed by atoms with Crippen LogP contribution in [-0.2, 0) is 48.0 Å². The summed E-state index contributed by atoms with van der Waals surface area (Å²) in [5, 5.41) is 26.5. The van der Waals surface area contributed by atoms with Crippen molar-refractivity contribution in [1.82, 2.24) is 52.3 Å². The number of carbonyl (C=O) groups excluding carboxylic acids is 4. The number of epoxide rings is 2. The van der Waals surface area contributed by atoms with Gasteiger partial charge in [0.1, 0.15) is 25.2 Å². The van der Waals surface area contributed by atoms with Crippen LogP contribution in [0.4, 0.5) is 0 Å². The number of carbonyl (C=O) groups is 4. The Balaban J connectivity index is 1.34. The second-order valence-electron chi connectivity index (χ2n) is 12.7. The first kappa shape index (κ1) is 36.5. The molecule has 0 aromatic carbocycles. The first-order valence-corrected chi connectivity index (χ1v) is 15.2. The molecule has 48 heavy (non-hydrogen) atoms. The predicted octanol–water partition coefficient (Wildman–Crippen LogP) is -7.41. The van der Waals surface area contributed by atoms with Crippen LogP contribution in [-0.4, -0.2) is 122 Å². The van der Waals surface area contributed by atoms with E-state index >= 15 is 0 Å². The van der Waals surface area contributed by atoms with Crippen molar-refractivity contribution < 1.29 is 48.0 Å². The molecule has 5 fully saturated rings. The molecule has 10 unspecified atom stereocenters. The zero-order valence-corrected chi connectivity index (χ0v) is 27.0. The molecule has 1 saturated carbocycles. The third kappa shape index (κ3) is 6.59. The number of nitrogens with one attached hydrogen (secondary N) is 8. The number of ether oxygens (including phenoxy) is 2. The summed E-state index contributed by atoms with van der Waals surface area (Å²) in [6.45, 7) is 0. The molecule has 0 aromatic heterocycles. The van der Waals surface area contributed by atoms with Gasteiger partial charge in [-0.05, 0) is 41.0 Å². The molecule has 0 radical (unpaired) electrons. The van der Waals surface area contributed by atoms with Crippen molar-refractivity contribution in [1.29, 1.82) is 0 Å². The van der Waals surface area contributed by atoms with Crippen molar-refractivity contribution in [3.8, 4) is 0 Å². The van der Waals surface area contributed by atoms with Gasteiger partial charge in [-0.1, -0.05) is 12.8 Å². The van der Waals surface area contributed by atoms with Crippen LogP contribution in [0.25, 0.3) is 0 Å². The number of hydrogen-bond donors (Lipinski definition) is 12. The molecular formula is C24H46N14O10. The quantitative estimate of drug-likeness (QED) is 0.0668. The molecular weight excluding hydrogens is 644 g/mol. The standard InChI is InChI=1S/C24H46N14O10/c1-37(2)19-31-17(33-23(35-19)21(47-23,15(41)45-27)9-13(39)43-25)29-11-7-5-6-8-12(11)30-18-32-20(38(3)4)36-24(34-18)22(48-24,16(42)46-28)10-14(40)44-26/h11-12,17-20,29-36H,5-10,25-28H2,1-4H3. The highest BCUT2D eigenvalue weighted by molar-refractivity contribution is 5.90. The van der Waals surface area contributed by atoms with Gasteiger partial charge in [-0.25, -0.2) is 30.9 Å². The molecule has 24 nitrogen and oxygen atoms in total. The smallest absolute Gasteiger partial charge is 0.363 e. The van der Waals surface area contributed by atoms with Crippen LogP contribution >= 0.6 is 0 Å². The Morgan fingerprint density at radius 2 is 1.04 bits per heavy atom. The summed E-state index contributed by atoms with van der Waals surface area (Å²) in [6, 6.07) is -0.354. The Hall–Kier alpha value is -2.76. The van der Waals surface area contributed by atoms with Crippen molar-refractivity contribution in [3.63, 3.8) is 0 Å². The van der Waals surface area contributed by atoms with Crippen LogP contribution in [0, 0.1) is 0 Å². The van der Waals surface area contributed by atoms with E-state index in [1.165, 1.54) is 0 Å². The molecule has 1 aliphatic carbocycles. The SMILES string of the molecule is CN(C)C1NC(NC2CCCCC2NC2NC(N(C)C)NC3(N2)OC3(CC(=O)ON)C(=O)ON)NC2(N1)OC2(CC(=O)ON)C(=O)ON. The van der Waals surface area contributed by atoms with Gasteiger partial charge in [-0.15, -0.1) is 0 Å². The maximum atomic E-state index is 12.8. The molecule has 0 amide bonds. The zero-order chi connectivity index (χ0) is 35.1. The average molecular weight is 691 g/mol. The van der Waals surface area contributed by atoms with Crippen LogP contribution in [0.15, 0.2) is 0 Å². The number of rotatable bonds is 12. The molecule has 10 atom stereocenters. The van der Waals surface area contributed by atoms with Gasteiger partial charge >= 0.3 is 23.9 Å². The van der Waals surface area contributed by atoms with Crippen LogP contribution < -0.4 is 66.1 Å². The monoisotopic (exact) mass is 690 g/mol. The van der Waals surface area contributed by atoms with E-state index in [4.69, 9.17) is 33.1 Å². The molecule has 4 aliphatic heterocycles. The second-order valence-corrected chi connectivity index (χ2v) is 12.7. The minimum atomic E-state index is -1.87. The molecule has 2 spiro atoms. The number of hydrogen-bond acceptors (Lipinski definition) is 24. The van der Waals surface area contributed by atoms with Gasteiger partial charge in [0.25, 0.3) is 0 Å². The summed E-state index contributed by atoms with van der Waals surface area (Å²) in [6.07, 6.45) is -0.305. The van der Waals surface area contributed by atoms with Crippen LogP contribution in [0.2, 0.25) is 0 Å². The highest BCUT2D eigenvalue weighted by atomic mass is 16.7. The first-order valence-electron chi connectivity index (χ1n) is 15.2. The lowest BCUT2D eigenvalue weighted by Gasteiger charge is -2.46. The number of nitrogens with zero attached hydrogens (tertiary/aromatic N) is 2. The van der Waals surface area contributed by atoms with Gasteiger partial charge < -0.3 is 28.8 Å². The minimum absolute atomic E-state index is 0.177. The van der Waals surface area contributed by atoms with E-state index in [1.54, 1.807) is 38.0 Å². The zero-order valence-electron chi connectivity index (χ0n) is 27.0. The van der Waals surface area contributed by atoms with E-state index in [0.29, 0.717) is 0 Å². The third-order valence-corrected chi connectivity index (χ3v) is 9.22. The first-order chi connectivity index (χ1) is 22.7. The van der Waals surface area contributed by atoms with Gasteiger partial charge in [0, 0.05) is 12.1 Å². The van der Waals surface area contributed by atoms with Crippen LogP contribution in [0.1, 0.15) is 38.5 Å². The van der Waals surface area contributed by atoms with E-state index in [-0.39, 0.29) is 12.1 Å². The van der Waals surface area contributed by atoms with Crippen molar-refractivity contribution in [3.05, 3.63) is 0 Å². The molecule has 5 aliphatic rings. The molecule has 5 rings (SSSR count). The van der Waals surface area contributed by atoms with Crippen LogP contribution in [0.3, 0.4) is 0 Å². The van der Waals surface area contributed by atoms with Gasteiger partial charge in [-0.3, -0.25) is 40.7 Å². The minimum Gasteiger partial charge on any atom is -0.373 e. The van der Waals surface area contributed by atoms with Crippen molar-refractivity contribution >= 4 is 23.9 Å². The van der Waals surface area contributed by atoms with Crippen molar-refractivity contribution in [2.45, 2.75) is 98.7 Å². The second kappa shape index (κ2) is 13.9. The van der Waals surface area contributed by atoms with E-state index in [1.807, 2.05) is 0 Å². The number of nitrogens with two attached hydrogens (primary N) is 4. The van der Waals surface area contributed by atoms with Crippen molar-refractivity contribution in [2.24, 2.45) is 23.6 Å². The fourth-order valence-corrected chi connectivity index (χ4v) is 6.62. The molecule has 24 heteroatoms. The third-order valence-electron chi connectivity index (χ3n) is 9.22. The van der Waals surface area contributed by atoms with Gasteiger partial charge in [0.05, 0.1) is 12.8 Å². The van der Waals surface area contributed by atoms with Crippen molar-refractivity contribution in [2.75, 3.05) is 28.2 Å². The highest BCUT2D eigenvalue weighted by Crippen LogP contribution is 2.50. The summed E-state index contributed by atoms with van der Waals surface area (Å²) in [5.74, 6) is 13.5. The van der Waals surface area contributed by atoms with Crippen LogP contribution in [0.5, 0.6) is 0 Å². The summed E-state index contributed by atoms with van der Waals surface area (Å²) in [4.78, 5) is 71.1. The summed E-state index contributed by atoms with van der Waals surface area (Å²) >= 11 is 0. The summed E-state index contributed by atoms with van der Waals surface area (Å²) in [5.41, 5.74) is -3.73. The lowest BCUT2D eigenvalue weighted by atomic mass is 9.90. The Kier molecular flexibility index (Phi) is 10.5. The Morgan fingerprint density at radius 3 is 1.35 bits per heavy atom. The Labute approximate surface area is 275 Å². The molecule has 16 N–H and O–H groups in total. The Bertz CT molecular complexity index is 1160. The topological polar surface area (TPSA) is 337 Å². The maximum Gasteiger partial charge on any atom is 0.363 e.